The van der Waals surface area contributed by atoms with Crippen molar-refractivity contribution in [1.29, 1.82) is 0 Å². The molecule has 0 atom stereocenters. The van der Waals surface area contributed by atoms with Crippen LogP contribution >= 0.6 is 11.6 Å². The first-order chi connectivity index (χ1) is 9.08. The van der Waals surface area contributed by atoms with Gasteiger partial charge in [-0.1, -0.05) is 48.0 Å². The minimum atomic E-state index is -0.0398. The zero-order valence-corrected chi connectivity index (χ0v) is 11.8. The van der Waals surface area contributed by atoms with Gasteiger partial charge in [0.1, 0.15) is 0 Å². The van der Waals surface area contributed by atoms with Crippen LogP contribution in [0.4, 0.5) is 0 Å². The lowest BCUT2D eigenvalue weighted by Crippen LogP contribution is -2.10. The van der Waals surface area contributed by atoms with Crippen LogP contribution in [0, 0.1) is 0 Å². The van der Waals surface area contributed by atoms with Crippen LogP contribution in [-0.2, 0) is 6.54 Å². The Bertz CT molecular complexity index is 576. The van der Waals surface area contributed by atoms with Crippen molar-refractivity contribution < 1.29 is 4.79 Å². The highest BCUT2D eigenvalue weighted by molar-refractivity contribution is 6.34. The highest BCUT2D eigenvalue weighted by Crippen LogP contribution is 2.19. The molecule has 3 heteroatoms. The third kappa shape index (κ3) is 3.43. The number of ketones is 1. The van der Waals surface area contributed by atoms with E-state index in [2.05, 4.69) is 4.90 Å². The summed E-state index contributed by atoms with van der Waals surface area (Å²) in [5.74, 6) is -0.0398. The lowest BCUT2D eigenvalue weighted by molar-refractivity contribution is 0.103. The second-order valence-corrected chi connectivity index (χ2v) is 5.15. The Labute approximate surface area is 118 Å². The quantitative estimate of drug-likeness (QED) is 0.793. The molecule has 2 aromatic carbocycles. The number of carbonyl (C=O) groups is 1. The van der Waals surface area contributed by atoms with Crippen molar-refractivity contribution in [3.8, 4) is 0 Å². The zero-order valence-electron chi connectivity index (χ0n) is 11.1. The van der Waals surface area contributed by atoms with Gasteiger partial charge in [-0.15, -0.1) is 0 Å². The van der Waals surface area contributed by atoms with E-state index in [4.69, 9.17) is 11.6 Å². The Morgan fingerprint density at radius 3 is 2.26 bits per heavy atom. The molecule has 0 aromatic heterocycles. The first kappa shape index (κ1) is 13.8. The molecule has 0 saturated carbocycles. The standard InChI is InChI=1S/C16H16ClNO/c1-18(2)11-12-7-9-13(10-8-12)16(19)14-5-3-4-6-15(14)17/h3-10H,11H2,1-2H3. The summed E-state index contributed by atoms with van der Waals surface area (Å²) in [6.07, 6.45) is 0. The van der Waals surface area contributed by atoms with Crippen molar-refractivity contribution in [3.63, 3.8) is 0 Å². The summed E-state index contributed by atoms with van der Waals surface area (Å²) in [5, 5.41) is 0.491. The number of nitrogens with zero attached hydrogens (tertiary/aromatic N) is 1. The van der Waals surface area contributed by atoms with Crippen molar-refractivity contribution in [1.82, 2.24) is 4.90 Å². The molecule has 0 aliphatic rings. The molecular weight excluding hydrogens is 258 g/mol. The predicted octanol–water partition coefficient (Wildman–Crippen LogP) is 3.63. The largest absolute Gasteiger partial charge is 0.305 e. The van der Waals surface area contributed by atoms with Crippen LogP contribution in [0.15, 0.2) is 48.5 Å². The van der Waals surface area contributed by atoms with Crippen molar-refractivity contribution in [2.75, 3.05) is 14.1 Å². The molecule has 2 rings (SSSR count). The third-order valence-corrected chi connectivity index (χ3v) is 3.16. The van der Waals surface area contributed by atoms with Crippen LogP contribution in [0.2, 0.25) is 5.02 Å². The maximum atomic E-state index is 12.3. The molecule has 0 saturated heterocycles. The van der Waals surface area contributed by atoms with Crippen LogP contribution in [0.25, 0.3) is 0 Å². The molecule has 0 fully saturated rings. The highest BCUT2D eigenvalue weighted by Gasteiger charge is 2.11. The van der Waals surface area contributed by atoms with Crippen LogP contribution in [0.5, 0.6) is 0 Å². The molecular formula is C16H16ClNO. The van der Waals surface area contributed by atoms with Gasteiger partial charge in [0.2, 0.25) is 0 Å². The number of halogens is 1. The van der Waals surface area contributed by atoms with E-state index in [9.17, 15) is 4.79 Å². The molecule has 19 heavy (non-hydrogen) atoms. The van der Waals surface area contributed by atoms with E-state index in [0.717, 1.165) is 6.54 Å². The van der Waals surface area contributed by atoms with E-state index in [1.54, 1.807) is 12.1 Å². The summed E-state index contributed by atoms with van der Waals surface area (Å²) in [7, 11) is 4.03. The molecule has 2 nitrogen and oxygen atoms in total. The number of hydrogen-bond acceptors (Lipinski definition) is 2. The van der Waals surface area contributed by atoms with Gasteiger partial charge in [-0.2, -0.15) is 0 Å². The average Bonchev–Trinajstić information content (AvgIpc) is 2.39. The van der Waals surface area contributed by atoms with Crippen LogP contribution in [0.3, 0.4) is 0 Å². The second kappa shape index (κ2) is 6.00. The summed E-state index contributed by atoms with van der Waals surface area (Å²) in [4.78, 5) is 14.4. The smallest absolute Gasteiger partial charge is 0.194 e. The van der Waals surface area contributed by atoms with Crippen LogP contribution in [0.1, 0.15) is 21.5 Å². The van der Waals surface area contributed by atoms with Crippen LogP contribution in [-0.4, -0.2) is 24.8 Å². The molecule has 0 amide bonds. The molecule has 0 N–H and O–H groups in total. The van der Waals surface area contributed by atoms with Crippen molar-refractivity contribution in [2.24, 2.45) is 0 Å². The molecule has 0 heterocycles. The highest BCUT2D eigenvalue weighted by atomic mass is 35.5. The van der Waals surface area contributed by atoms with Gasteiger partial charge in [0.25, 0.3) is 0 Å². The zero-order chi connectivity index (χ0) is 13.8. The summed E-state index contributed by atoms with van der Waals surface area (Å²) < 4.78 is 0. The Kier molecular flexibility index (Phi) is 4.35. The maximum Gasteiger partial charge on any atom is 0.194 e. The number of carbonyl (C=O) groups excluding carboxylic acids is 1. The van der Waals surface area contributed by atoms with E-state index >= 15 is 0 Å². The Morgan fingerprint density at radius 1 is 1.05 bits per heavy atom. The predicted molar refractivity (Wildman–Crippen MR) is 78.7 cm³/mol. The molecule has 0 bridgehead atoms. The Hall–Kier alpha value is -1.64. The van der Waals surface area contributed by atoms with Gasteiger partial charge in [-0.25, -0.2) is 0 Å². The van der Waals surface area contributed by atoms with Crippen molar-refractivity contribution >= 4 is 17.4 Å². The summed E-state index contributed by atoms with van der Waals surface area (Å²) in [5.41, 5.74) is 2.39. The number of benzene rings is 2. The number of hydrogen-bond donors (Lipinski definition) is 0. The van der Waals surface area contributed by atoms with Crippen molar-refractivity contribution in [3.05, 3.63) is 70.2 Å². The molecule has 98 valence electrons. The van der Waals surface area contributed by atoms with Gasteiger partial charge in [-0.3, -0.25) is 4.79 Å². The van der Waals surface area contributed by atoms with E-state index in [1.807, 2.05) is 50.5 Å². The first-order valence-electron chi connectivity index (χ1n) is 6.11. The minimum absolute atomic E-state index is 0.0398. The van der Waals surface area contributed by atoms with Gasteiger partial charge in [0, 0.05) is 17.7 Å². The Balaban J connectivity index is 2.23. The first-order valence-corrected chi connectivity index (χ1v) is 6.48. The normalized spacial score (nSPS) is 10.7. The van der Waals surface area contributed by atoms with Gasteiger partial charge >= 0.3 is 0 Å². The van der Waals surface area contributed by atoms with E-state index in [0.29, 0.717) is 16.1 Å². The summed E-state index contributed by atoms with van der Waals surface area (Å²) >= 11 is 6.04. The maximum absolute atomic E-state index is 12.3. The minimum Gasteiger partial charge on any atom is -0.305 e. The number of rotatable bonds is 4. The van der Waals surface area contributed by atoms with E-state index in [1.165, 1.54) is 5.56 Å². The molecule has 0 aliphatic carbocycles. The summed E-state index contributed by atoms with van der Waals surface area (Å²) in [6.45, 7) is 0.862. The fourth-order valence-electron chi connectivity index (χ4n) is 1.93. The fourth-order valence-corrected chi connectivity index (χ4v) is 2.15. The SMILES string of the molecule is CN(C)Cc1ccc(C(=O)c2ccccc2Cl)cc1. The Morgan fingerprint density at radius 2 is 1.68 bits per heavy atom. The molecule has 2 aromatic rings. The second-order valence-electron chi connectivity index (χ2n) is 4.74. The molecule has 0 aliphatic heterocycles. The molecule has 0 unspecified atom stereocenters. The summed E-state index contributed by atoms with van der Waals surface area (Å²) in [6, 6.07) is 14.8. The third-order valence-electron chi connectivity index (χ3n) is 2.83. The van der Waals surface area contributed by atoms with E-state index in [-0.39, 0.29) is 5.78 Å². The van der Waals surface area contributed by atoms with Gasteiger partial charge in [0.15, 0.2) is 5.78 Å². The van der Waals surface area contributed by atoms with Crippen molar-refractivity contribution in [2.45, 2.75) is 6.54 Å². The lowest BCUT2D eigenvalue weighted by atomic mass is 10.0. The molecule has 0 radical (unpaired) electrons. The molecule has 0 spiro atoms. The monoisotopic (exact) mass is 273 g/mol. The van der Waals surface area contributed by atoms with Gasteiger partial charge in [0.05, 0.1) is 5.02 Å². The van der Waals surface area contributed by atoms with Gasteiger partial charge in [-0.05, 0) is 31.8 Å². The van der Waals surface area contributed by atoms with E-state index < -0.39 is 0 Å². The van der Waals surface area contributed by atoms with Gasteiger partial charge < -0.3 is 4.90 Å². The average molecular weight is 274 g/mol. The van der Waals surface area contributed by atoms with Crippen LogP contribution < -0.4 is 0 Å². The topological polar surface area (TPSA) is 20.3 Å². The lowest BCUT2D eigenvalue weighted by Gasteiger charge is -2.10. The fraction of sp³-hybridized carbons (Fsp3) is 0.188.